The maximum Gasteiger partial charge on any atom is 0.343 e. The molecule has 3 aromatic carbocycles. The van der Waals surface area contributed by atoms with Crippen LogP contribution in [0.5, 0.6) is 5.75 Å². The minimum atomic E-state index is -0.475. The molecule has 0 unspecified atom stereocenters. The van der Waals surface area contributed by atoms with Crippen LogP contribution in [0.4, 0.5) is 4.39 Å². The van der Waals surface area contributed by atoms with Crippen molar-refractivity contribution in [3.63, 3.8) is 0 Å². The molecule has 5 heteroatoms. The summed E-state index contributed by atoms with van der Waals surface area (Å²) >= 11 is 5.81. The van der Waals surface area contributed by atoms with Crippen molar-refractivity contribution in [2.24, 2.45) is 0 Å². The van der Waals surface area contributed by atoms with Crippen molar-refractivity contribution in [1.29, 1.82) is 0 Å². The minimum absolute atomic E-state index is 0.0676. The molecule has 0 atom stereocenters. The zero-order chi connectivity index (χ0) is 20.4. The topological polar surface area (TPSA) is 35.5 Å². The SMILES string of the molecule is COC1CCC(c2ccc(C(=O)Oc3ccc4c(F)c(Cl)ccc4c3)cc2)CC1. The molecule has 0 N–H and O–H groups in total. The number of carbonyl (C=O) groups excluding carboxylic acids is 1. The van der Waals surface area contributed by atoms with E-state index in [4.69, 9.17) is 21.1 Å². The molecule has 0 aromatic heterocycles. The van der Waals surface area contributed by atoms with E-state index in [1.807, 2.05) is 12.1 Å². The molecular weight excluding hydrogens is 391 g/mol. The van der Waals surface area contributed by atoms with E-state index in [-0.39, 0.29) is 5.02 Å². The fourth-order valence-corrected chi connectivity index (χ4v) is 4.16. The molecule has 0 spiro atoms. The van der Waals surface area contributed by atoms with E-state index in [9.17, 15) is 9.18 Å². The number of hydrogen-bond donors (Lipinski definition) is 0. The fourth-order valence-electron chi connectivity index (χ4n) is 4.00. The van der Waals surface area contributed by atoms with Gasteiger partial charge in [-0.05, 0) is 78.9 Å². The summed E-state index contributed by atoms with van der Waals surface area (Å²) in [4.78, 5) is 12.5. The van der Waals surface area contributed by atoms with Crippen molar-refractivity contribution in [3.8, 4) is 5.75 Å². The van der Waals surface area contributed by atoms with Crippen LogP contribution in [0, 0.1) is 5.82 Å². The first kappa shape index (κ1) is 19.9. The Balaban J connectivity index is 1.45. The van der Waals surface area contributed by atoms with Crippen molar-refractivity contribution in [2.45, 2.75) is 37.7 Å². The second kappa shape index (κ2) is 8.52. The van der Waals surface area contributed by atoms with E-state index < -0.39 is 11.8 Å². The maximum atomic E-state index is 14.0. The molecule has 0 bridgehead atoms. The monoisotopic (exact) mass is 412 g/mol. The van der Waals surface area contributed by atoms with Gasteiger partial charge in [-0.1, -0.05) is 29.8 Å². The summed E-state index contributed by atoms with van der Waals surface area (Å²) in [6, 6.07) is 15.6. The Hall–Kier alpha value is -2.43. The lowest BCUT2D eigenvalue weighted by atomic mass is 9.82. The number of carbonyl (C=O) groups is 1. The van der Waals surface area contributed by atoms with Crippen LogP contribution in [0.1, 0.15) is 47.5 Å². The molecule has 3 nitrogen and oxygen atoms in total. The van der Waals surface area contributed by atoms with Crippen molar-refractivity contribution < 1.29 is 18.7 Å². The summed E-state index contributed by atoms with van der Waals surface area (Å²) in [6.45, 7) is 0. The van der Waals surface area contributed by atoms with Gasteiger partial charge in [0.15, 0.2) is 0 Å². The van der Waals surface area contributed by atoms with Crippen molar-refractivity contribution in [1.82, 2.24) is 0 Å². The van der Waals surface area contributed by atoms with Gasteiger partial charge in [0.05, 0.1) is 16.7 Å². The van der Waals surface area contributed by atoms with Crippen LogP contribution in [-0.2, 0) is 4.74 Å². The Morgan fingerprint density at radius 2 is 1.72 bits per heavy atom. The lowest BCUT2D eigenvalue weighted by Gasteiger charge is -2.27. The van der Waals surface area contributed by atoms with E-state index in [0.29, 0.717) is 34.1 Å². The minimum Gasteiger partial charge on any atom is -0.423 e. The maximum absolute atomic E-state index is 14.0. The van der Waals surface area contributed by atoms with Gasteiger partial charge in [-0.3, -0.25) is 0 Å². The van der Waals surface area contributed by atoms with E-state index in [1.54, 1.807) is 43.5 Å². The van der Waals surface area contributed by atoms with Gasteiger partial charge in [0.25, 0.3) is 0 Å². The van der Waals surface area contributed by atoms with Gasteiger partial charge in [-0.15, -0.1) is 0 Å². The highest BCUT2D eigenvalue weighted by atomic mass is 35.5. The average Bonchev–Trinajstić information content (AvgIpc) is 2.76. The molecule has 150 valence electrons. The van der Waals surface area contributed by atoms with Crippen LogP contribution >= 0.6 is 11.6 Å². The number of benzene rings is 3. The number of hydrogen-bond acceptors (Lipinski definition) is 3. The molecule has 1 saturated carbocycles. The number of esters is 1. The summed E-state index contributed by atoms with van der Waals surface area (Å²) in [5.74, 6) is -0.0366. The van der Waals surface area contributed by atoms with Crippen LogP contribution < -0.4 is 4.74 Å². The molecule has 0 heterocycles. The van der Waals surface area contributed by atoms with Crippen LogP contribution in [0.3, 0.4) is 0 Å². The molecular formula is C24H22ClFO3. The highest BCUT2D eigenvalue weighted by Crippen LogP contribution is 2.34. The van der Waals surface area contributed by atoms with Crippen molar-refractivity contribution in [2.75, 3.05) is 7.11 Å². The normalized spacial score (nSPS) is 19.3. The number of methoxy groups -OCH3 is 1. The first-order valence-corrected chi connectivity index (χ1v) is 10.2. The first-order valence-electron chi connectivity index (χ1n) is 9.78. The number of rotatable bonds is 4. The molecule has 29 heavy (non-hydrogen) atoms. The zero-order valence-corrected chi connectivity index (χ0v) is 16.9. The average molecular weight is 413 g/mol. The van der Waals surface area contributed by atoms with Crippen molar-refractivity contribution in [3.05, 3.63) is 76.6 Å². The van der Waals surface area contributed by atoms with E-state index >= 15 is 0 Å². The van der Waals surface area contributed by atoms with Crippen LogP contribution in [0.2, 0.25) is 5.02 Å². The van der Waals surface area contributed by atoms with Crippen LogP contribution in [0.15, 0.2) is 54.6 Å². The van der Waals surface area contributed by atoms with E-state index in [0.717, 1.165) is 25.7 Å². The summed E-state index contributed by atoms with van der Waals surface area (Å²) in [6.07, 6.45) is 4.70. The molecule has 0 saturated heterocycles. The first-order chi connectivity index (χ1) is 14.0. The molecule has 0 aliphatic heterocycles. The molecule has 4 rings (SSSR count). The van der Waals surface area contributed by atoms with Crippen LogP contribution in [0.25, 0.3) is 10.8 Å². The van der Waals surface area contributed by atoms with Gasteiger partial charge < -0.3 is 9.47 Å². The summed E-state index contributed by atoms with van der Waals surface area (Å²) in [7, 11) is 1.77. The third kappa shape index (κ3) is 4.29. The second-order valence-corrected chi connectivity index (χ2v) is 7.87. The molecule has 1 aliphatic carbocycles. The van der Waals surface area contributed by atoms with Gasteiger partial charge in [-0.2, -0.15) is 0 Å². The lowest BCUT2D eigenvalue weighted by molar-refractivity contribution is 0.0659. The van der Waals surface area contributed by atoms with Gasteiger partial charge >= 0.3 is 5.97 Å². The van der Waals surface area contributed by atoms with E-state index in [1.165, 1.54) is 11.6 Å². The third-order valence-corrected chi connectivity index (χ3v) is 6.01. The third-order valence-electron chi connectivity index (χ3n) is 5.71. The smallest absolute Gasteiger partial charge is 0.343 e. The highest BCUT2D eigenvalue weighted by molar-refractivity contribution is 6.31. The second-order valence-electron chi connectivity index (χ2n) is 7.47. The van der Waals surface area contributed by atoms with Gasteiger partial charge in [0.2, 0.25) is 0 Å². The highest BCUT2D eigenvalue weighted by Gasteiger charge is 2.22. The van der Waals surface area contributed by atoms with Gasteiger partial charge in [0.1, 0.15) is 11.6 Å². The van der Waals surface area contributed by atoms with Crippen LogP contribution in [-0.4, -0.2) is 19.2 Å². The summed E-state index contributed by atoms with van der Waals surface area (Å²) < 4.78 is 25.0. The Morgan fingerprint density at radius 3 is 2.41 bits per heavy atom. The largest absolute Gasteiger partial charge is 0.423 e. The quantitative estimate of drug-likeness (QED) is 0.361. The predicted octanol–water partition coefficient (Wildman–Crippen LogP) is 6.52. The molecule has 0 radical (unpaired) electrons. The molecule has 0 amide bonds. The molecule has 1 fully saturated rings. The Bertz CT molecular complexity index is 1020. The standard InChI is InChI=1S/C24H22ClFO3/c1-28-19-9-6-16(7-10-19)15-2-4-17(5-3-15)24(27)29-20-11-12-21-18(14-20)8-13-22(25)23(21)26/h2-5,8,11-14,16,19H,6-7,9-10H2,1H3. The van der Waals surface area contributed by atoms with Crippen molar-refractivity contribution >= 4 is 28.3 Å². The fraction of sp³-hybridized carbons (Fsp3) is 0.292. The summed E-state index contributed by atoms with van der Waals surface area (Å²) in [5.41, 5.74) is 1.73. The zero-order valence-electron chi connectivity index (χ0n) is 16.2. The number of ether oxygens (including phenoxy) is 2. The van der Waals surface area contributed by atoms with E-state index in [2.05, 4.69) is 0 Å². The number of halogens is 2. The van der Waals surface area contributed by atoms with Gasteiger partial charge in [0, 0.05) is 12.5 Å². The molecule has 3 aromatic rings. The number of fused-ring (bicyclic) bond motifs is 1. The Kier molecular flexibility index (Phi) is 5.84. The Labute approximate surface area is 174 Å². The predicted molar refractivity (Wildman–Crippen MR) is 112 cm³/mol. The summed E-state index contributed by atoms with van der Waals surface area (Å²) in [5, 5.41) is 1.09. The van der Waals surface area contributed by atoms with Gasteiger partial charge in [-0.25, -0.2) is 9.18 Å². The lowest BCUT2D eigenvalue weighted by Crippen LogP contribution is -2.19. The molecule has 1 aliphatic rings. The Morgan fingerprint density at radius 1 is 1.00 bits per heavy atom.